The molecule has 4 atom stereocenters. The van der Waals surface area contributed by atoms with E-state index in [0.717, 1.165) is 11.3 Å². The first-order chi connectivity index (χ1) is 21.9. The van der Waals surface area contributed by atoms with Crippen molar-refractivity contribution in [2.75, 3.05) is 19.7 Å². The van der Waals surface area contributed by atoms with Gasteiger partial charge in [-0.3, -0.25) is 14.7 Å². The number of aromatic nitrogens is 1. The normalized spacial score (nSPS) is 20.8. The van der Waals surface area contributed by atoms with Crippen LogP contribution in [0, 0.1) is 5.92 Å². The number of fused-ring (bicyclic) bond motifs is 2. The average molecular weight is 648 g/mol. The molecule has 0 saturated heterocycles. The minimum Gasteiger partial charge on any atom is -0.493 e. The number of pyridine rings is 1. The smallest absolute Gasteiger partial charge is 0.416 e. The number of rotatable bonds is 9. The van der Waals surface area contributed by atoms with Gasteiger partial charge in [0.1, 0.15) is 23.2 Å². The Bertz CT molecular complexity index is 1630. The van der Waals surface area contributed by atoms with Gasteiger partial charge in [-0.2, -0.15) is 0 Å². The average Bonchev–Trinajstić information content (AvgIpc) is 3.43. The van der Waals surface area contributed by atoms with Gasteiger partial charge in [0, 0.05) is 47.4 Å². The van der Waals surface area contributed by atoms with Crippen molar-refractivity contribution >= 4 is 35.2 Å². The Hall–Kier alpha value is -4.31. The zero-order chi connectivity index (χ0) is 31.3. The van der Waals surface area contributed by atoms with Gasteiger partial charge in [-0.25, -0.2) is 4.79 Å². The Morgan fingerprint density at radius 3 is 2.60 bits per heavy atom. The number of nitrogens with zero attached hydrogens (tertiary/aromatic N) is 2. The molecule has 0 spiro atoms. The number of carbonyl (C=O) groups excluding carboxylic acids is 2. The number of allylic oxidation sites excluding steroid dienone is 2. The van der Waals surface area contributed by atoms with Crippen molar-refractivity contribution in [2.24, 2.45) is 5.92 Å². The maximum Gasteiger partial charge on any atom is 0.416 e. The topological polar surface area (TPSA) is 113 Å². The minimum atomic E-state index is -0.779. The molecule has 0 bridgehead atoms. The molecular formula is C34H32Cl2N4O5. The van der Waals surface area contributed by atoms with Crippen molar-refractivity contribution in [3.05, 3.63) is 124 Å². The van der Waals surface area contributed by atoms with Gasteiger partial charge in [-0.1, -0.05) is 53.6 Å². The summed E-state index contributed by atoms with van der Waals surface area (Å²) in [5, 5.41) is 17.9. The SMILES string of the molecule is O=C(NCC(O)CCOc1ccc([C@H]2C3=C(CCN2C(=O)Oc2ccc(Cl)cc2)C2C=C(Cl)C=CC2N3)cc1)c1ccccn1. The van der Waals surface area contributed by atoms with E-state index in [1.54, 1.807) is 53.6 Å². The van der Waals surface area contributed by atoms with E-state index < -0.39 is 18.2 Å². The van der Waals surface area contributed by atoms with E-state index in [9.17, 15) is 14.7 Å². The Morgan fingerprint density at radius 2 is 1.84 bits per heavy atom. The Labute approximate surface area is 271 Å². The van der Waals surface area contributed by atoms with Crippen LogP contribution in [0.3, 0.4) is 0 Å². The number of halogens is 2. The molecule has 11 heteroatoms. The van der Waals surface area contributed by atoms with Gasteiger partial charge in [0.05, 0.1) is 18.8 Å². The summed E-state index contributed by atoms with van der Waals surface area (Å²) in [4.78, 5) is 31.4. The molecule has 1 aliphatic carbocycles. The molecule has 3 N–H and O–H groups in total. The first-order valence-electron chi connectivity index (χ1n) is 14.7. The lowest BCUT2D eigenvalue weighted by molar-refractivity contribution is 0.0890. The van der Waals surface area contributed by atoms with Crippen molar-refractivity contribution in [2.45, 2.75) is 31.0 Å². The number of aliphatic hydroxyl groups is 1. The first-order valence-corrected chi connectivity index (χ1v) is 15.5. The van der Waals surface area contributed by atoms with Crippen molar-refractivity contribution < 1.29 is 24.2 Å². The van der Waals surface area contributed by atoms with Crippen LogP contribution in [-0.2, 0) is 0 Å². The third kappa shape index (κ3) is 7.17. The summed E-state index contributed by atoms with van der Waals surface area (Å²) in [7, 11) is 0. The van der Waals surface area contributed by atoms with E-state index in [-0.39, 0.29) is 31.0 Å². The summed E-state index contributed by atoms with van der Waals surface area (Å²) in [5.41, 5.74) is 3.39. The lowest BCUT2D eigenvalue weighted by Gasteiger charge is -2.37. The van der Waals surface area contributed by atoms with Crippen LogP contribution < -0.4 is 20.1 Å². The fourth-order valence-electron chi connectivity index (χ4n) is 5.80. The molecule has 9 nitrogen and oxygen atoms in total. The predicted octanol–water partition coefficient (Wildman–Crippen LogP) is 5.78. The van der Waals surface area contributed by atoms with Crippen LogP contribution in [0.15, 0.2) is 107 Å². The molecule has 3 aromatic rings. The van der Waals surface area contributed by atoms with Crippen LogP contribution in [0.5, 0.6) is 11.5 Å². The lowest BCUT2D eigenvalue weighted by atomic mass is 9.85. The Kier molecular flexibility index (Phi) is 9.39. The fourth-order valence-corrected chi connectivity index (χ4v) is 6.13. The van der Waals surface area contributed by atoms with Crippen molar-refractivity contribution in [3.8, 4) is 11.5 Å². The molecule has 1 aromatic heterocycles. The molecule has 0 radical (unpaired) electrons. The van der Waals surface area contributed by atoms with Crippen LogP contribution in [0.1, 0.15) is 34.9 Å². The van der Waals surface area contributed by atoms with E-state index in [1.165, 1.54) is 5.57 Å². The van der Waals surface area contributed by atoms with E-state index in [2.05, 4.69) is 27.8 Å². The van der Waals surface area contributed by atoms with Gasteiger partial charge in [0.15, 0.2) is 0 Å². The standard InChI is InChI=1S/C34H32Cl2N4O5/c35-22-6-11-26(12-7-22)45-34(43)40-17-14-27-28-19-23(36)8-13-29(28)39-31(27)32(40)21-4-9-25(10-5-21)44-18-15-24(41)20-38-33(42)30-3-1-2-16-37-30/h1-13,16,19,24,28-29,32,39,41H,14-15,17-18,20H2,(H,38,42)/t24?,28?,29?,32-/m0/s1. The summed E-state index contributed by atoms with van der Waals surface area (Å²) in [6, 6.07) is 19.0. The zero-order valence-electron chi connectivity index (χ0n) is 24.2. The summed E-state index contributed by atoms with van der Waals surface area (Å²) < 4.78 is 11.6. The highest BCUT2D eigenvalue weighted by Gasteiger charge is 2.43. The molecule has 3 aliphatic rings. The molecule has 3 unspecified atom stereocenters. The molecule has 0 fully saturated rings. The summed E-state index contributed by atoms with van der Waals surface area (Å²) in [6.45, 7) is 0.814. The number of hydrogen-bond donors (Lipinski definition) is 3. The highest BCUT2D eigenvalue weighted by Crippen LogP contribution is 2.45. The Morgan fingerprint density at radius 1 is 1.07 bits per heavy atom. The number of ether oxygens (including phenoxy) is 2. The molecule has 6 rings (SSSR count). The Balaban J connectivity index is 1.12. The predicted molar refractivity (Wildman–Crippen MR) is 171 cm³/mol. The monoisotopic (exact) mass is 646 g/mol. The van der Waals surface area contributed by atoms with Gasteiger partial charge >= 0.3 is 6.09 Å². The summed E-state index contributed by atoms with van der Waals surface area (Å²) >= 11 is 12.4. The molecule has 45 heavy (non-hydrogen) atoms. The summed E-state index contributed by atoms with van der Waals surface area (Å²) in [6.07, 6.45) is 7.34. The molecule has 2 aliphatic heterocycles. The highest BCUT2D eigenvalue weighted by molar-refractivity contribution is 6.31. The number of aliphatic hydroxyl groups excluding tert-OH is 1. The maximum absolute atomic E-state index is 13.5. The highest BCUT2D eigenvalue weighted by atomic mass is 35.5. The molecule has 2 aromatic carbocycles. The molecule has 232 valence electrons. The van der Waals surface area contributed by atoms with E-state index in [1.807, 2.05) is 30.3 Å². The molecule has 2 amide bonds. The number of amides is 2. The van der Waals surface area contributed by atoms with Gasteiger partial charge in [-0.15, -0.1) is 0 Å². The molecule has 3 heterocycles. The van der Waals surface area contributed by atoms with Gasteiger partial charge in [0.2, 0.25) is 0 Å². The first kappa shape index (κ1) is 30.7. The van der Waals surface area contributed by atoms with Gasteiger partial charge < -0.3 is 25.2 Å². The second-order valence-electron chi connectivity index (χ2n) is 11.0. The van der Waals surface area contributed by atoms with E-state index in [4.69, 9.17) is 32.7 Å². The van der Waals surface area contributed by atoms with Crippen LogP contribution >= 0.6 is 23.2 Å². The van der Waals surface area contributed by atoms with Crippen molar-refractivity contribution in [1.29, 1.82) is 0 Å². The van der Waals surface area contributed by atoms with Crippen LogP contribution in [0.4, 0.5) is 4.79 Å². The van der Waals surface area contributed by atoms with Crippen LogP contribution in [0.25, 0.3) is 0 Å². The van der Waals surface area contributed by atoms with E-state index in [0.29, 0.717) is 46.6 Å². The quantitative estimate of drug-likeness (QED) is 0.270. The largest absolute Gasteiger partial charge is 0.493 e. The molecular weight excluding hydrogens is 615 g/mol. The fraction of sp³-hybridized carbons (Fsp3) is 0.265. The van der Waals surface area contributed by atoms with Gasteiger partial charge in [-0.05, 0) is 72.2 Å². The second-order valence-corrected chi connectivity index (χ2v) is 11.9. The number of benzene rings is 2. The van der Waals surface area contributed by atoms with Crippen molar-refractivity contribution in [1.82, 2.24) is 20.5 Å². The van der Waals surface area contributed by atoms with Gasteiger partial charge in [0.25, 0.3) is 5.91 Å². The number of hydrogen-bond acceptors (Lipinski definition) is 7. The third-order valence-corrected chi connectivity index (χ3v) is 8.53. The third-order valence-electron chi connectivity index (χ3n) is 8.03. The van der Waals surface area contributed by atoms with E-state index >= 15 is 0 Å². The molecule has 0 saturated carbocycles. The maximum atomic E-state index is 13.5. The summed E-state index contributed by atoms with van der Waals surface area (Å²) in [5.74, 6) is 0.812. The van der Waals surface area contributed by atoms with Crippen molar-refractivity contribution in [3.63, 3.8) is 0 Å². The lowest BCUT2D eigenvalue weighted by Crippen LogP contribution is -2.43. The van der Waals surface area contributed by atoms with Crippen LogP contribution in [0.2, 0.25) is 5.02 Å². The second kappa shape index (κ2) is 13.8. The zero-order valence-corrected chi connectivity index (χ0v) is 25.7. The van der Waals surface area contributed by atoms with Crippen LogP contribution in [-0.4, -0.2) is 58.8 Å². The number of carbonyl (C=O) groups is 2. The number of nitrogens with one attached hydrogen (secondary N) is 2. The minimum absolute atomic E-state index is 0.0648.